The summed E-state index contributed by atoms with van der Waals surface area (Å²) < 4.78 is 0. The van der Waals surface area contributed by atoms with Gasteiger partial charge >= 0.3 is 0 Å². The second-order valence-electron chi connectivity index (χ2n) is 3.65. The molecule has 0 aliphatic carbocycles. The molecule has 0 aromatic carbocycles. The Kier molecular flexibility index (Phi) is 4.05. The van der Waals surface area contributed by atoms with Gasteiger partial charge in [0.2, 0.25) is 5.91 Å². The molecular formula is C9H17N3O3. The number of nitrogens with one attached hydrogen (secondary N) is 1. The van der Waals surface area contributed by atoms with Crippen LogP contribution in [0.3, 0.4) is 0 Å². The molecule has 1 aliphatic heterocycles. The van der Waals surface area contributed by atoms with Crippen LogP contribution in [-0.2, 0) is 14.4 Å². The van der Waals surface area contributed by atoms with Crippen molar-refractivity contribution in [2.24, 2.45) is 5.73 Å². The van der Waals surface area contributed by atoms with Crippen LogP contribution < -0.4 is 11.2 Å². The Bertz CT molecular complexity index is 255. The smallest absolute Gasteiger partial charge is 0.266 e. The number of carbonyl (C=O) groups is 2. The number of likely N-dealkylation sites (tertiary alicyclic amines) is 1. The first-order chi connectivity index (χ1) is 7.07. The van der Waals surface area contributed by atoms with E-state index in [2.05, 4.69) is 10.3 Å². The lowest BCUT2D eigenvalue weighted by Gasteiger charge is -2.24. The first-order valence-electron chi connectivity index (χ1n) is 4.96. The summed E-state index contributed by atoms with van der Waals surface area (Å²) in [7, 11) is 1.37. The van der Waals surface area contributed by atoms with Crippen molar-refractivity contribution < 1.29 is 14.4 Å². The molecule has 0 unspecified atom stereocenters. The molecule has 6 nitrogen and oxygen atoms in total. The van der Waals surface area contributed by atoms with Crippen molar-refractivity contribution in [3.63, 3.8) is 0 Å². The summed E-state index contributed by atoms with van der Waals surface area (Å²) in [4.78, 5) is 29.2. The van der Waals surface area contributed by atoms with E-state index in [4.69, 9.17) is 5.73 Å². The third-order valence-corrected chi connectivity index (χ3v) is 2.43. The Morgan fingerprint density at radius 3 is 2.80 bits per heavy atom. The van der Waals surface area contributed by atoms with Crippen molar-refractivity contribution in [3.8, 4) is 0 Å². The summed E-state index contributed by atoms with van der Waals surface area (Å²) in [6, 6.07) is -1.01. The molecule has 2 amide bonds. The Morgan fingerprint density at radius 1 is 1.60 bits per heavy atom. The van der Waals surface area contributed by atoms with Gasteiger partial charge in [-0.25, -0.2) is 5.48 Å². The highest BCUT2D eigenvalue weighted by Gasteiger charge is 2.35. The zero-order valence-electron chi connectivity index (χ0n) is 9.03. The van der Waals surface area contributed by atoms with Crippen molar-refractivity contribution in [2.45, 2.75) is 31.8 Å². The van der Waals surface area contributed by atoms with Crippen LogP contribution >= 0.6 is 0 Å². The molecule has 15 heavy (non-hydrogen) atoms. The number of hydroxylamine groups is 1. The minimum Gasteiger partial charge on any atom is -0.329 e. The molecule has 0 saturated carbocycles. The predicted octanol–water partition coefficient (Wildman–Crippen LogP) is -0.998. The molecular weight excluding hydrogens is 198 g/mol. The van der Waals surface area contributed by atoms with Crippen LogP contribution in [0.5, 0.6) is 0 Å². The lowest BCUT2D eigenvalue weighted by molar-refractivity contribution is -0.144. The zero-order valence-corrected chi connectivity index (χ0v) is 9.03. The molecule has 0 radical (unpaired) electrons. The molecule has 1 heterocycles. The van der Waals surface area contributed by atoms with Crippen LogP contribution in [0.4, 0.5) is 0 Å². The Balaban J connectivity index is 2.64. The second kappa shape index (κ2) is 5.09. The average Bonchev–Trinajstić information content (AvgIpc) is 2.65. The van der Waals surface area contributed by atoms with E-state index in [1.807, 2.05) is 0 Å². The third-order valence-electron chi connectivity index (χ3n) is 2.43. The lowest BCUT2D eigenvalue weighted by atomic mass is 10.2. The van der Waals surface area contributed by atoms with Gasteiger partial charge < -0.3 is 10.6 Å². The maximum atomic E-state index is 11.6. The van der Waals surface area contributed by atoms with Crippen molar-refractivity contribution in [1.29, 1.82) is 0 Å². The van der Waals surface area contributed by atoms with E-state index >= 15 is 0 Å². The first kappa shape index (κ1) is 11.9. The topological polar surface area (TPSA) is 84.7 Å². The molecule has 1 saturated heterocycles. The van der Waals surface area contributed by atoms with Crippen molar-refractivity contribution in [3.05, 3.63) is 0 Å². The van der Waals surface area contributed by atoms with Crippen LogP contribution in [0, 0.1) is 0 Å². The monoisotopic (exact) mass is 215 g/mol. The minimum atomic E-state index is -0.569. The Morgan fingerprint density at radius 2 is 2.27 bits per heavy atom. The molecule has 1 aliphatic rings. The minimum absolute atomic E-state index is 0.191. The van der Waals surface area contributed by atoms with Gasteiger partial charge in [0.05, 0.1) is 13.2 Å². The normalized spacial score (nSPS) is 22.6. The molecule has 0 spiro atoms. The average molecular weight is 215 g/mol. The molecule has 3 N–H and O–H groups in total. The van der Waals surface area contributed by atoms with Crippen LogP contribution in [-0.4, -0.2) is 42.5 Å². The quantitative estimate of drug-likeness (QED) is 0.591. The fraction of sp³-hybridized carbons (Fsp3) is 0.778. The molecule has 0 aromatic rings. The maximum absolute atomic E-state index is 11.6. The highest BCUT2D eigenvalue weighted by Crippen LogP contribution is 2.18. The number of amides is 2. The van der Waals surface area contributed by atoms with E-state index < -0.39 is 12.1 Å². The maximum Gasteiger partial charge on any atom is 0.266 e. The van der Waals surface area contributed by atoms with Crippen LogP contribution in [0.2, 0.25) is 0 Å². The summed E-state index contributed by atoms with van der Waals surface area (Å²) in [5.74, 6) is -0.479. The first-order valence-corrected chi connectivity index (χ1v) is 4.96. The van der Waals surface area contributed by atoms with E-state index in [1.165, 1.54) is 12.0 Å². The molecule has 0 aromatic heterocycles. The predicted molar refractivity (Wildman–Crippen MR) is 53.5 cm³/mol. The molecule has 2 atom stereocenters. The van der Waals surface area contributed by atoms with Gasteiger partial charge in [-0.2, -0.15) is 0 Å². The van der Waals surface area contributed by atoms with Crippen LogP contribution in [0.1, 0.15) is 19.8 Å². The van der Waals surface area contributed by atoms with Crippen LogP contribution in [0.15, 0.2) is 0 Å². The highest BCUT2D eigenvalue weighted by atomic mass is 16.6. The summed E-state index contributed by atoms with van der Waals surface area (Å²) in [5.41, 5.74) is 7.74. The van der Waals surface area contributed by atoms with Gasteiger partial charge in [0.15, 0.2) is 0 Å². The van der Waals surface area contributed by atoms with Gasteiger partial charge in [0, 0.05) is 6.54 Å². The number of hydrogen-bond acceptors (Lipinski definition) is 4. The second-order valence-corrected chi connectivity index (χ2v) is 3.65. The van der Waals surface area contributed by atoms with E-state index in [0.29, 0.717) is 13.0 Å². The van der Waals surface area contributed by atoms with E-state index in [-0.39, 0.29) is 11.8 Å². The molecule has 86 valence electrons. The Labute approximate surface area is 88.7 Å². The largest absolute Gasteiger partial charge is 0.329 e. The van der Waals surface area contributed by atoms with E-state index in [0.717, 1.165) is 6.42 Å². The van der Waals surface area contributed by atoms with Crippen molar-refractivity contribution >= 4 is 11.8 Å². The fourth-order valence-corrected chi connectivity index (χ4v) is 1.73. The summed E-state index contributed by atoms with van der Waals surface area (Å²) in [6.07, 6.45) is 1.48. The van der Waals surface area contributed by atoms with Crippen LogP contribution in [0.25, 0.3) is 0 Å². The summed E-state index contributed by atoms with van der Waals surface area (Å²) >= 11 is 0. The van der Waals surface area contributed by atoms with Gasteiger partial charge in [-0.15, -0.1) is 0 Å². The third kappa shape index (κ3) is 2.66. The van der Waals surface area contributed by atoms with Crippen molar-refractivity contribution in [1.82, 2.24) is 10.4 Å². The van der Waals surface area contributed by atoms with Gasteiger partial charge in [-0.1, -0.05) is 0 Å². The van der Waals surface area contributed by atoms with E-state index in [9.17, 15) is 9.59 Å². The standard InChI is InChI=1S/C9H17N3O3/c1-6(10)9(14)12-5-3-4-7(12)8(13)11-15-2/h6-7H,3-5,10H2,1-2H3,(H,11,13)/t6-,7-/m0/s1. The van der Waals surface area contributed by atoms with Gasteiger partial charge in [0.1, 0.15) is 6.04 Å². The fourth-order valence-electron chi connectivity index (χ4n) is 1.73. The number of nitrogens with two attached hydrogens (primary N) is 1. The highest BCUT2D eigenvalue weighted by molar-refractivity contribution is 5.89. The number of hydrogen-bond donors (Lipinski definition) is 2. The molecule has 0 bridgehead atoms. The number of rotatable bonds is 3. The summed E-state index contributed by atoms with van der Waals surface area (Å²) in [5, 5.41) is 0. The SMILES string of the molecule is CONC(=O)[C@@H]1CCCN1C(=O)[C@H](C)N. The van der Waals surface area contributed by atoms with E-state index in [1.54, 1.807) is 6.92 Å². The van der Waals surface area contributed by atoms with Gasteiger partial charge in [-0.3, -0.25) is 14.4 Å². The molecule has 6 heteroatoms. The molecule has 1 fully saturated rings. The lowest BCUT2D eigenvalue weighted by Crippen LogP contribution is -2.50. The summed E-state index contributed by atoms with van der Waals surface area (Å²) in [6.45, 7) is 2.20. The van der Waals surface area contributed by atoms with Crippen molar-refractivity contribution in [2.75, 3.05) is 13.7 Å². The number of nitrogens with zero attached hydrogens (tertiary/aromatic N) is 1. The molecule has 1 rings (SSSR count). The zero-order chi connectivity index (χ0) is 11.4. The Hall–Kier alpha value is -1.14. The van der Waals surface area contributed by atoms with Gasteiger partial charge in [-0.05, 0) is 19.8 Å². The van der Waals surface area contributed by atoms with Gasteiger partial charge in [0.25, 0.3) is 5.91 Å². The number of carbonyl (C=O) groups excluding carboxylic acids is 2.